The summed E-state index contributed by atoms with van der Waals surface area (Å²) in [5, 5.41) is 12.5. The minimum Gasteiger partial charge on any atom is -0.466 e. The lowest BCUT2D eigenvalue weighted by Gasteiger charge is -2.24. The van der Waals surface area contributed by atoms with Crippen LogP contribution in [-0.4, -0.2) is 18.2 Å². The van der Waals surface area contributed by atoms with E-state index in [4.69, 9.17) is 4.74 Å². The molecule has 1 N–H and O–H groups in total. The average Bonchev–Trinajstić information content (AvgIpc) is 2.92. The number of carbonyl (C=O) groups is 1. The molecule has 0 amide bonds. The number of carbonyl (C=O) groups excluding carboxylic acids is 1. The summed E-state index contributed by atoms with van der Waals surface area (Å²) in [4.78, 5) is 12.4. The van der Waals surface area contributed by atoms with E-state index >= 15 is 0 Å². The lowest BCUT2D eigenvalue weighted by molar-refractivity contribution is -0.158. The second kappa shape index (κ2) is 4.69. The van der Waals surface area contributed by atoms with Crippen molar-refractivity contribution in [1.82, 2.24) is 0 Å². The second-order valence-corrected chi connectivity index (χ2v) is 4.49. The number of hydrogen-bond acceptors (Lipinski definition) is 4. The van der Waals surface area contributed by atoms with Crippen LogP contribution in [0.25, 0.3) is 0 Å². The zero-order valence-corrected chi connectivity index (χ0v) is 10.1. The van der Waals surface area contributed by atoms with Crippen molar-refractivity contribution in [2.75, 3.05) is 7.11 Å². The van der Waals surface area contributed by atoms with E-state index < -0.39 is 11.6 Å². The molecule has 0 aliphatic heterocycles. The molecule has 1 heterocycles. The van der Waals surface area contributed by atoms with Gasteiger partial charge in [0.2, 0.25) is 5.60 Å². The Bertz CT molecular complexity index is 493. The first-order valence-electron chi connectivity index (χ1n) is 5.10. The van der Waals surface area contributed by atoms with Gasteiger partial charge in [-0.15, -0.1) is 11.3 Å². The number of benzene rings is 1. The van der Waals surface area contributed by atoms with Crippen LogP contribution in [0.5, 0.6) is 0 Å². The molecule has 0 unspecified atom stereocenters. The lowest BCUT2D eigenvalue weighted by atomic mass is 9.92. The molecule has 2 aromatic rings. The van der Waals surface area contributed by atoms with Gasteiger partial charge >= 0.3 is 5.97 Å². The Hall–Kier alpha value is -1.65. The zero-order chi connectivity index (χ0) is 12.3. The molecule has 0 spiro atoms. The molecule has 0 radical (unpaired) electrons. The van der Waals surface area contributed by atoms with E-state index in [-0.39, 0.29) is 0 Å². The molecule has 0 saturated carbocycles. The van der Waals surface area contributed by atoms with Crippen LogP contribution in [0.15, 0.2) is 47.8 Å². The van der Waals surface area contributed by atoms with Gasteiger partial charge in [0.05, 0.1) is 12.0 Å². The molecule has 1 aromatic carbocycles. The first-order chi connectivity index (χ1) is 8.19. The largest absolute Gasteiger partial charge is 0.466 e. The fourth-order valence-electron chi connectivity index (χ4n) is 1.67. The van der Waals surface area contributed by atoms with Crippen LogP contribution in [0.4, 0.5) is 0 Å². The summed E-state index contributed by atoms with van der Waals surface area (Å²) in [6, 6.07) is 12.3. The molecule has 1 aromatic heterocycles. The predicted molar refractivity (Wildman–Crippen MR) is 65.8 cm³/mol. The van der Waals surface area contributed by atoms with Gasteiger partial charge in [0.15, 0.2) is 0 Å². The number of esters is 1. The number of ether oxygens (including phenoxy) is 1. The van der Waals surface area contributed by atoms with Crippen LogP contribution in [0.2, 0.25) is 0 Å². The molecule has 0 bridgehead atoms. The molecule has 0 aliphatic carbocycles. The highest BCUT2D eigenvalue weighted by molar-refractivity contribution is 7.10. The summed E-state index contributed by atoms with van der Waals surface area (Å²) >= 11 is 1.32. The predicted octanol–water partition coefficient (Wildman–Crippen LogP) is 2.16. The molecule has 1 atom stereocenters. The van der Waals surface area contributed by atoms with E-state index in [2.05, 4.69) is 0 Å². The SMILES string of the molecule is COC(=O)[C@@](O)(c1ccccc1)c1cccs1. The molecule has 0 saturated heterocycles. The van der Waals surface area contributed by atoms with E-state index in [1.807, 2.05) is 11.4 Å². The number of rotatable bonds is 3. The summed E-state index contributed by atoms with van der Waals surface area (Å²) in [6.07, 6.45) is 0. The van der Waals surface area contributed by atoms with Crippen LogP contribution in [0.3, 0.4) is 0 Å². The quantitative estimate of drug-likeness (QED) is 0.847. The molecule has 0 fully saturated rings. The van der Waals surface area contributed by atoms with Crippen LogP contribution in [0, 0.1) is 0 Å². The fourth-order valence-corrected chi connectivity index (χ4v) is 2.50. The van der Waals surface area contributed by atoms with Crippen molar-refractivity contribution in [1.29, 1.82) is 0 Å². The Balaban J connectivity index is 2.56. The minimum atomic E-state index is -1.72. The van der Waals surface area contributed by atoms with Crippen LogP contribution in [-0.2, 0) is 15.1 Å². The Kier molecular flexibility index (Phi) is 3.26. The minimum absolute atomic E-state index is 0.509. The van der Waals surface area contributed by atoms with Crippen LogP contribution < -0.4 is 0 Å². The van der Waals surface area contributed by atoms with Crippen LogP contribution in [0.1, 0.15) is 10.4 Å². The van der Waals surface area contributed by atoms with E-state index in [1.165, 1.54) is 18.4 Å². The van der Waals surface area contributed by atoms with Gasteiger partial charge < -0.3 is 9.84 Å². The summed E-state index contributed by atoms with van der Waals surface area (Å²) in [5.74, 6) is -0.675. The first kappa shape index (κ1) is 11.8. The van der Waals surface area contributed by atoms with E-state index in [1.54, 1.807) is 36.4 Å². The van der Waals surface area contributed by atoms with Crippen molar-refractivity contribution in [3.05, 3.63) is 58.3 Å². The summed E-state index contributed by atoms with van der Waals surface area (Å²) in [5.41, 5.74) is -1.21. The lowest BCUT2D eigenvalue weighted by Crippen LogP contribution is -2.37. The Morgan fingerprint density at radius 1 is 1.24 bits per heavy atom. The number of thiophene rings is 1. The molecule has 0 aliphatic rings. The maximum Gasteiger partial charge on any atom is 0.348 e. The molecular formula is C13H12O3S. The third kappa shape index (κ3) is 1.97. The summed E-state index contributed by atoms with van der Waals surface area (Å²) in [6.45, 7) is 0. The summed E-state index contributed by atoms with van der Waals surface area (Å²) in [7, 11) is 1.27. The molecule has 4 heteroatoms. The zero-order valence-electron chi connectivity index (χ0n) is 9.29. The van der Waals surface area contributed by atoms with Crippen molar-refractivity contribution in [3.63, 3.8) is 0 Å². The third-order valence-electron chi connectivity index (χ3n) is 2.55. The molecular weight excluding hydrogens is 236 g/mol. The first-order valence-corrected chi connectivity index (χ1v) is 5.98. The fraction of sp³-hybridized carbons (Fsp3) is 0.154. The Morgan fingerprint density at radius 3 is 2.47 bits per heavy atom. The van der Waals surface area contributed by atoms with Gasteiger partial charge in [0, 0.05) is 5.56 Å². The smallest absolute Gasteiger partial charge is 0.348 e. The van der Waals surface area contributed by atoms with Gasteiger partial charge in [-0.1, -0.05) is 36.4 Å². The van der Waals surface area contributed by atoms with Gasteiger partial charge in [-0.25, -0.2) is 4.79 Å². The van der Waals surface area contributed by atoms with E-state index in [0.29, 0.717) is 10.4 Å². The highest BCUT2D eigenvalue weighted by Crippen LogP contribution is 2.33. The van der Waals surface area contributed by atoms with E-state index in [9.17, 15) is 9.90 Å². The van der Waals surface area contributed by atoms with Crippen LogP contribution >= 0.6 is 11.3 Å². The molecule has 88 valence electrons. The van der Waals surface area contributed by atoms with Crippen molar-refractivity contribution < 1.29 is 14.6 Å². The van der Waals surface area contributed by atoms with Gasteiger partial charge in [0.25, 0.3) is 0 Å². The van der Waals surface area contributed by atoms with Gasteiger partial charge in [-0.3, -0.25) is 0 Å². The van der Waals surface area contributed by atoms with Crippen molar-refractivity contribution in [2.45, 2.75) is 5.60 Å². The van der Waals surface area contributed by atoms with Gasteiger partial charge in [-0.05, 0) is 11.4 Å². The average molecular weight is 248 g/mol. The monoisotopic (exact) mass is 248 g/mol. The normalized spacial score (nSPS) is 14.0. The van der Waals surface area contributed by atoms with Gasteiger partial charge in [0.1, 0.15) is 0 Å². The maximum atomic E-state index is 11.9. The second-order valence-electron chi connectivity index (χ2n) is 3.55. The van der Waals surface area contributed by atoms with Crippen molar-refractivity contribution >= 4 is 17.3 Å². The summed E-state index contributed by atoms with van der Waals surface area (Å²) < 4.78 is 4.71. The highest BCUT2D eigenvalue weighted by atomic mass is 32.1. The Labute approximate surface area is 103 Å². The standard InChI is InChI=1S/C13H12O3S/c1-16-12(14)13(15,11-8-5-9-17-11)10-6-3-2-4-7-10/h2-9,15H,1H3/t13-/m1/s1. The third-order valence-corrected chi connectivity index (χ3v) is 3.53. The topological polar surface area (TPSA) is 46.5 Å². The van der Waals surface area contributed by atoms with Crippen molar-refractivity contribution in [2.24, 2.45) is 0 Å². The number of aliphatic hydroxyl groups is 1. The highest BCUT2D eigenvalue weighted by Gasteiger charge is 2.42. The number of methoxy groups -OCH3 is 1. The van der Waals surface area contributed by atoms with Gasteiger partial charge in [-0.2, -0.15) is 0 Å². The molecule has 2 rings (SSSR count). The number of hydrogen-bond donors (Lipinski definition) is 1. The molecule has 17 heavy (non-hydrogen) atoms. The van der Waals surface area contributed by atoms with E-state index in [0.717, 1.165) is 0 Å². The maximum absolute atomic E-state index is 11.9. The molecule has 3 nitrogen and oxygen atoms in total. The Morgan fingerprint density at radius 2 is 1.94 bits per heavy atom. The van der Waals surface area contributed by atoms with Crippen molar-refractivity contribution in [3.8, 4) is 0 Å².